The number of aromatic amines is 1. The van der Waals surface area contributed by atoms with Crippen molar-refractivity contribution < 1.29 is 23.1 Å². The van der Waals surface area contributed by atoms with E-state index in [1.54, 1.807) is 35.2 Å². The van der Waals surface area contributed by atoms with E-state index >= 15 is 0 Å². The van der Waals surface area contributed by atoms with E-state index in [2.05, 4.69) is 20.5 Å². The van der Waals surface area contributed by atoms with E-state index in [1.165, 1.54) is 24.3 Å². The molecule has 1 aliphatic rings. The first-order chi connectivity index (χ1) is 17.3. The third kappa shape index (κ3) is 4.80. The first kappa shape index (κ1) is 23.6. The maximum absolute atomic E-state index is 13.6. The van der Waals surface area contributed by atoms with Gasteiger partial charge in [0.05, 0.1) is 27.9 Å². The number of carbonyl (C=O) groups is 1. The van der Waals surface area contributed by atoms with Crippen LogP contribution in [0.25, 0.3) is 34.4 Å². The number of fused-ring (bicyclic) bond motifs is 1. The number of nitrogens with zero attached hydrogens (tertiary/aromatic N) is 3. The van der Waals surface area contributed by atoms with Crippen molar-refractivity contribution in [2.24, 2.45) is 0 Å². The summed E-state index contributed by atoms with van der Waals surface area (Å²) in [5, 5.41) is 20.5. The number of rotatable bonds is 4. The summed E-state index contributed by atoms with van der Waals surface area (Å²) in [5.41, 5.74) is 2.00. The molecule has 1 fully saturated rings. The zero-order valence-corrected chi connectivity index (χ0v) is 19.0. The highest BCUT2D eigenvalue weighted by molar-refractivity contribution is 6.09. The number of nitrogens with one attached hydrogen (secondary N) is 2. The molecule has 7 nitrogen and oxygen atoms in total. The van der Waals surface area contributed by atoms with Gasteiger partial charge in [0, 0.05) is 31.7 Å². The molecule has 1 saturated heterocycles. The molecule has 0 aliphatic carbocycles. The second-order valence-corrected chi connectivity index (χ2v) is 8.43. The van der Waals surface area contributed by atoms with Gasteiger partial charge < -0.3 is 15.3 Å². The number of hydrogen-bond acceptors (Lipinski definition) is 5. The van der Waals surface area contributed by atoms with Gasteiger partial charge in [0.15, 0.2) is 5.65 Å². The largest absolute Gasteiger partial charge is 0.508 e. The molecule has 3 N–H and O–H groups in total. The van der Waals surface area contributed by atoms with Gasteiger partial charge in [-0.1, -0.05) is 18.2 Å². The van der Waals surface area contributed by atoms with Crippen molar-refractivity contribution in [3.63, 3.8) is 0 Å². The fourth-order valence-corrected chi connectivity index (χ4v) is 4.16. The lowest BCUT2D eigenvalue weighted by Crippen LogP contribution is -2.46. The van der Waals surface area contributed by atoms with E-state index in [9.17, 15) is 23.1 Å². The molecule has 5 rings (SSSR count). The molecule has 0 spiro atoms. The minimum atomic E-state index is -4.44. The molecule has 3 heterocycles. The van der Waals surface area contributed by atoms with E-state index in [4.69, 9.17) is 0 Å². The molecule has 4 aromatic rings. The fourth-order valence-electron chi connectivity index (χ4n) is 4.16. The van der Waals surface area contributed by atoms with Gasteiger partial charge in [0.2, 0.25) is 0 Å². The van der Waals surface area contributed by atoms with Gasteiger partial charge in [-0.05, 0) is 54.1 Å². The van der Waals surface area contributed by atoms with E-state index in [1.807, 2.05) is 0 Å². The summed E-state index contributed by atoms with van der Waals surface area (Å²) in [6, 6.07) is 13.1. The number of phenols is 1. The van der Waals surface area contributed by atoms with Crippen LogP contribution in [-0.2, 0) is 6.18 Å². The Labute approximate surface area is 204 Å². The lowest BCUT2D eigenvalue weighted by molar-refractivity contribution is -0.137. The zero-order chi connectivity index (χ0) is 25.3. The second kappa shape index (κ2) is 9.46. The molecule has 0 atom stereocenters. The molecule has 10 heteroatoms. The Morgan fingerprint density at radius 1 is 1.03 bits per heavy atom. The summed E-state index contributed by atoms with van der Waals surface area (Å²) in [5.74, 6) is -0.0699. The Morgan fingerprint density at radius 3 is 2.50 bits per heavy atom. The highest BCUT2D eigenvalue weighted by Gasteiger charge is 2.30. The molecular weight excluding hydrogens is 471 g/mol. The Hall–Kier alpha value is -4.18. The molecule has 1 aliphatic heterocycles. The van der Waals surface area contributed by atoms with Crippen molar-refractivity contribution in [3.8, 4) is 17.0 Å². The number of amides is 1. The SMILES string of the molecule is O=C(c1cc(-c2ccc(O)cc2)nc2[nH]nc(/C=C/c3cccc(C(F)(F)F)c3)c12)N1CCNCC1. The number of phenolic OH excluding ortho intramolecular Hbond substituents is 1. The van der Waals surface area contributed by atoms with Gasteiger partial charge >= 0.3 is 6.18 Å². The van der Waals surface area contributed by atoms with Gasteiger partial charge in [-0.15, -0.1) is 0 Å². The Bertz CT molecular complexity index is 1440. The van der Waals surface area contributed by atoms with Gasteiger partial charge in [0.1, 0.15) is 5.75 Å². The zero-order valence-electron chi connectivity index (χ0n) is 19.0. The van der Waals surface area contributed by atoms with Crippen molar-refractivity contribution in [2.75, 3.05) is 26.2 Å². The van der Waals surface area contributed by atoms with Crippen molar-refractivity contribution in [3.05, 3.63) is 77.0 Å². The number of aromatic hydroxyl groups is 1. The van der Waals surface area contributed by atoms with Crippen molar-refractivity contribution in [1.29, 1.82) is 0 Å². The molecule has 2 aromatic carbocycles. The van der Waals surface area contributed by atoms with Crippen molar-refractivity contribution >= 4 is 29.1 Å². The number of pyridine rings is 1. The molecular formula is C26H22F3N5O2. The first-order valence-corrected chi connectivity index (χ1v) is 11.3. The molecule has 0 unspecified atom stereocenters. The van der Waals surface area contributed by atoms with Crippen molar-refractivity contribution in [1.82, 2.24) is 25.4 Å². The molecule has 2 aromatic heterocycles. The third-order valence-corrected chi connectivity index (χ3v) is 6.00. The van der Waals surface area contributed by atoms with Crippen LogP contribution in [0.1, 0.15) is 27.2 Å². The highest BCUT2D eigenvalue weighted by Crippen LogP contribution is 2.31. The quantitative estimate of drug-likeness (QED) is 0.387. The minimum absolute atomic E-state index is 0.112. The smallest absolute Gasteiger partial charge is 0.416 e. The molecule has 1 amide bonds. The summed E-state index contributed by atoms with van der Waals surface area (Å²) in [6.07, 6.45) is -1.34. The number of H-pyrrole nitrogens is 1. The number of aromatic nitrogens is 3. The standard InChI is InChI=1S/C26H22F3N5O2/c27-26(28,29)18-3-1-2-16(14-18)4-9-21-23-20(25(36)34-12-10-30-11-13-34)15-22(31-24(23)33-32-21)17-5-7-19(35)8-6-17/h1-9,14-15,30,35H,10-13H2,(H,31,32,33)/b9-4+. The maximum Gasteiger partial charge on any atom is 0.416 e. The lowest BCUT2D eigenvalue weighted by Gasteiger charge is -2.27. The summed E-state index contributed by atoms with van der Waals surface area (Å²) >= 11 is 0. The number of benzene rings is 2. The summed E-state index contributed by atoms with van der Waals surface area (Å²) in [7, 11) is 0. The normalized spacial score (nSPS) is 14.6. The number of carbonyl (C=O) groups excluding carboxylic acids is 1. The van der Waals surface area contributed by atoms with Gasteiger partial charge in [0.25, 0.3) is 5.91 Å². The van der Waals surface area contributed by atoms with Crippen LogP contribution in [0.15, 0.2) is 54.6 Å². The third-order valence-electron chi connectivity index (χ3n) is 6.00. The fraction of sp³-hybridized carbons (Fsp3) is 0.192. The monoisotopic (exact) mass is 493 g/mol. The predicted molar refractivity (Wildman–Crippen MR) is 130 cm³/mol. The van der Waals surface area contributed by atoms with Crippen LogP contribution in [0.3, 0.4) is 0 Å². The van der Waals surface area contributed by atoms with E-state index in [0.717, 1.165) is 12.1 Å². The number of hydrogen-bond donors (Lipinski definition) is 3. The van der Waals surface area contributed by atoms with Crippen molar-refractivity contribution in [2.45, 2.75) is 6.18 Å². The molecule has 0 saturated carbocycles. The maximum atomic E-state index is 13.6. The number of piperazine rings is 1. The van der Waals surface area contributed by atoms with Crippen LogP contribution in [0.4, 0.5) is 13.2 Å². The second-order valence-electron chi connectivity index (χ2n) is 8.43. The predicted octanol–water partition coefficient (Wildman–Crippen LogP) is 4.57. The Kier molecular flexibility index (Phi) is 6.19. The van der Waals surface area contributed by atoms with Gasteiger partial charge in [-0.25, -0.2) is 4.98 Å². The molecule has 36 heavy (non-hydrogen) atoms. The summed E-state index contributed by atoms with van der Waals surface area (Å²) in [6.45, 7) is 2.45. The van der Waals surface area contributed by atoms with Crippen LogP contribution in [0.5, 0.6) is 5.75 Å². The Morgan fingerprint density at radius 2 is 1.78 bits per heavy atom. The van der Waals surface area contributed by atoms with E-state index in [-0.39, 0.29) is 11.7 Å². The van der Waals surface area contributed by atoms with E-state index in [0.29, 0.717) is 65.3 Å². The summed E-state index contributed by atoms with van der Waals surface area (Å²) in [4.78, 5) is 19.9. The van der Waals surface area contributed by atoms with Crippen LogP contribution in [-0.4, -0.2) is 57.3 Å². The first-order valence-electron chi connectivity index (χ1n) is 11.3. The average Bonchev–Trinajstić information content (AvgIpc) is 3.30. The van der Waals surface area contributed by atoms with Crippen LogP contribution in [0, 0.1) is 0 Å². The minimum Gasteiger partial charge on any atom is -0.508 e. The molecule has 184 valence electrons. The molecule has 0 bridgehead atoms. The van der Waals surface area contributed by atoms with Gasteiger partial charge in [-0.3, -0.25) is 9.89 Å². The van der Waals surface area contributed by atoms with Crippen LogP contribution >= 0.6 is 0 Å². The van der Waals surface area contributed by atoms with Crippen LogP contribution < -0.4 is 5.32 Å². The Balaban J connectivity index is 1.59. The topological polar surface area (TPSA) is 94.1 Å². The average molecular weight is 493 g/mol. The van der Waals surface area contributed by atoms with Crippen LogP contribution in [0.2, 0.25) is 0 Å². The number of alkyl halides is 3. The lowest BCUT2D eigenvalue weighted by atomic mass is 10.0. The summed E-state index contributed by atoms with van der Waals surface area (Å²) < 4.78 is 39.3. The number of halogens is 3. The molecule has 0 radical (unpaired) electrons. The highest BCUT2D eigenvalue weighted by atomic mass is 19.4. The van der Waals surface area contributed by atoms with E-state index < -0.39 is 11.7 Å². The van der Waals surface area contributed by atoms with Gasteiger partial charge in [-0.2, -0.15) is 18.3 Å².